The number of aryl methyl sites for hydroxylation is 1. The molecule has 1 aliphatic carbocycles. The minimum atomic E-state index is -0.808. The van der Waals surface area contributed by atoms with Crippen molar-refractivity contribution in [3.63, 3.8) is 0 Å². The van der Waals surface area contributed by atoms with Crippen LogP contribution in [0, 0.1) is 6.92 Å². The topological polar surface area (TPSA) is 66.6 Å². The van der Waals surface area contributed by atoms with Crippen molar-refractivity contribution in [2.24, 2.45) is 0 Å². The molecule has 0 bridgehead atoms. The first kappa shape index (κ1) is 14.8. The highest BCUT2D eigenvalue weighted by Gasteiger charge is 2.35. The lowest BCUT2D eigenvalue weighted by molar-refractivity contribution is -0.143. The second-order valence-electron chi connectivity index (χ2n) is 5.90. The molecule has 1 aromatic carbocycles. The van der Waals surface area contributed by atoms with Gasteiger partial charge in [0.05, 0.1) is 12.7 Å². The summed E-state index contributed by atoms with van der Waals surface area (Å²) in [7, 11) is 0. The van der Waals surface area contributed by atoms with E-state index in [1.165, 1.54) is 5.56 Å². The number of aliphatic carboxylic acids is 1. The van der Waals surface area contributed by atoms with Gasteiger partial charge in [0.2, 0.25) is 5.89 Å². The molecule has 1 saturated carbocycles. The Morgan fingerprint density at radius 3 is 2.68 bits per heavy atom. The average molecular weight is 300 g/mol. The molecule has 0 amide bonds. The highest BCUT2D eigenvalue weighted by Crippen LogP contribution is 2.31. The Hall–Kier alpha value is -2.14. The standard InChI is InChI=1S/C17H20N2O3/c1-11-3-5-13(6-4-11)15-9-18-16(22-15)10-19(14-7-8-14)12(2)17(20)21/h3-6,9,12,14H,7-8,10H2,1-2H3,(H,20,21). The van der Waals surface area contributed by atoms with E-state index in [1.807, 2.05) is 36.1 Å². The highest BCUT2D eigenvalue weighted by atomic mass is 16.4. The Morgan fingerprint density at radius 1 is 1.41 bits per heavy atom. The highest BCUT2D eigenvalue weighted by molar-refractivity contribution is 5.73. The zero-order chi connectivity index (χ0) is 15.7. The molecule has 1 heterocycles. The maximum Gasteiger partial charge on any atom is 0.320 e. The second-order valence-corrected chi connectivity index (χ2v) is 5.90. The van der Waals surface area contributed by atoms with Crippen LogP contribution in [-0.4, -0.2) is 33.0 Å². The van der Waals surface area contributed by atoms with Gasteiger partial charge in [-0.2, -0.15) is 0 Å². The number of carbonyl (C=O) groups is 1. The number of carboxylic acid groups (broad SMARTS) is 1. The fraction of sp³-hybridized carbons (Fsp3) is 0.412. The monoisotopic (exact) mass is 300 g/mol. The van der Waals surface area contributed by atoms with Crippen LogP contribution in [0.4, 0.5) is 0 Å². The molecule has 1 atom stereocenters. The fourth-order valence-electron chi connectivity index (χ4n) is 2.52. The van der Waals surface area contributed by atoms with Crippen molar-refractivity contribution in [2.45, 2.75) is 45.3 Å². The molecule has 2 aromatic rings. The maximum absolute atomic E-state index is 11.2. The molecule has 1 fully saturated rings. The summed E-state index contributed by atoms with van der Waals surface area (Å²) in [4.78, 5) is 17.5. The normalized spacial score (nSPS) is 16.0. The van der Waals surface area contributed by atoms with E-state index in [4.69, 9.17) is 4.42 Å². The second kappa shape index (κ2) is 5.93. The fourth-order valence-corrected chi connectivity index (χ4v) is 2.52. The van der Waals surface area contributed by atoms with Gasteiger partial charge in [0.15, 0.2) is 5.76 Å². The summed E-state index contributed by atoms with van der Waals surface area (Å²) in [5.41, 5.74) is 2.17. The first-order valence-electron chi connectivity index (χ1n) is 7.55. The number of benzene rings is 1. The molecule has 1 N–H and O–H groups in total. The molecule has 1 aliphatic rings. The van der Waals surface area contributed by atoms with Gasteiger partial charge in [-0.1, -0.05) is 29.8 Å². The van der Waals surface area contributed by atoms with Crippen molar-refractivity contribution in [1.29, 1.82) is 0 Å². The number of hydrogen-bond acceptors (Lipinski definition) is 4. The van der Waals surface area contributed by atoms with E-state index in [1.54, 1.807) is 13.1 Å². The quantitative estimate of drug-likeness (QED) is 0.888. The predicted molar refractivity (Wildman–Crippen MR) is 82.3 cm³/mol. The third kappa shape index (κ3) is 3.20. The zero-order valence-corrected chi connectivity index (χ0v) is 12.8. The van der Waals surface area contributed by atoms with Gasteiger partial charge in [-0.15, -0.1) is 0 Å². The first-order valence-corrected chi connectivity index (χ1v) is 7.55. The van der Waals surface area contributed by atoms with Gasteiger partial charge in [-0.25, -0.2) is 4.98 Å². The molecule has 1 unspecified atom stereocenters. The van der Waals surface area contributed by atoms with Gasteiger partial charge >= 0.3 is 5.97 Å². The third-order valence-corrected chi connectivity index (χ3v) is 4.08. The summed E-state index contributed by atoms with van der Waals surface area (Å²) in [5.74, 6) is 0.474. The van der Waals surface area contributed by atoms with Crippen LogP contribution in [0.1, 0.15) is 31.2 Å². The Bertz CT molecular complexity index is 659. The van der Waals surface area contributed by atoms with E-state index in [2.05, 4.69) is 4.98 Å². The molecule has 0 saturated heterocycles. The molecule has 116 valence electrons. The summed E-state index contributed by atoms with van der Waals surface area (Å²) in [6.45, 7) is 4.19. The van der Waals surface area contributed by atoms with E-state index >= 15 is 0 Å². The molecule has 0 aliphatic heterocycles. The third-order valence-electron chi connectivity index (χ3n) is 4.08. The minimum absolute atomic E-state index is 0.334. The largest absolute Gasteiger partial charge is 0.480 e. The molecule has 0 radical (unpaired) electrons. The Kier molecular flexibility index (Phi) is 3.98. The van der Waals surface area contributed by atoms with Gasteiger partial charge in [0.25, 0.3) is 0 Å². The van der Waals surface area contributed by atoms with Crippen molar-refractivity contribution in [3.05, 3.63) is 41.9 Å². The molecule has 1 aromatic heterocycles. The maximum atomic E-state index is 11.2. The molecule has 3 rings (SSSR count). The Balaban J connectivity index is 1.75. The van der Waals surface area contributed by atoms with Crippen LogP contribution in [-0.2, 0) is 11.3 Å². The van der Waals surface area contributed by atoms with Crippen molar-refractivity contribution in [3.8, 4) is 11.3 Å². The van der Waals surface area contributed by atoms with Crippen LogP contribution >= 0.6 is 0 Å². The smallest absolute Gasteiger partial charge is 0.320 e. The molecule has 5 heteroatoms. The number of rotatable bonds is 6. The lowest BCUT2D eigenvalue weighted by Gasteiger charge is -2.24. The Morgan fingerprint density at radius 2 is 2.09 bits per heavy atom. The van der Waals surface area contributed by atoms with Crippen LogP contribution in [0.5, 0.6) is 0 Å². The zero-order valence-electron chi connectivity index (χ0n) is 12.8. The Labute approximate surface area is 129 Å². The van der Waals surface area contributed by atoms with Crippen molar-refractivity contribution >= 4 is 5.97 Å². The van der Waals surface area contributed by atoms with Gasteiger partial charge in [-0.05, 0) is 26.7 Å². The summed E-state index contributed by atoms with van der Waals surface area (Å²) >= 11 is 0. The van der Waals surface area contributed by atoms with Gasteiger partial charge in [0, 0.05) is 11.6 Å². The predicted octanol–water partition coefficient (Wildman–Crippen LogP) is 3.09. The van der Waals surface area contributed by atoms with Crippen molar-refractivity contribution < 1.29 is 14.3 Å². The van der Waals surface area contributed by atoms with Crippen LogP contribution < -0.4 is 0 Å². The van der Waals surface area contributed by atoms with E-state index in [0.717, 1.165) is 18.4 Å². The first-order chi connectivity index (χ1) is 10.5. The number of nitrogens with zero attached hydrogens (tertiary/aromatic N) is 2. The van der Waals surface area contributed by atoms with E-state index in [9.17, 15) is 9.90 Å². The van der Waals surface area contributed by atoms with Gasteiger partial charge in [-0.3, -0.25) is 9.69 Å². The number of carboxylic acids is 1. The molecule has 22 heavy (non-hydrogen) atoms. The van der Waals surface area contributed by atoms with E-state index in [-0.39, 0.29) is 0 Å². The molecule has 0 spiro atoms. The lowest BCUT2D eigenvalue weighted by Crippen LogP contribution is -2.40. The molecule has 5 nitrogen and oxygen atoms in total. The van der Waals surface area contributed by atoms with Crippen LogP contribution in [0.25, 0.3) is 11.3 Å². The minimum Gasteiger partial charge on any atom is -0.480 e. The van der Waals surface area contributed by atoms with Crippen molar-refractivity contribution in [2.75, 3.05) is 0 Å². The summed E-state index contributed by atoms with van der Waals surface area (Å²) in [6.07, 6.45) is 3.79. The van der Waals surface area contributed by atoms with E-state index < -0.39 is 12.0 Å². The average Bonchev–Trinajstić information content (AvgIpc) is 3.24. The summed E-state index contributed by atoms with van der Waals surface area (Å²) in [5, 5.41) is 9.22. The van der Waals surface area contributed by atoms with E-state index in [0.29, 0.717) is 24.2 Å². The summed E-state index contributed by atoms with van der Waals surface area (Å²) in [6, 6.07) is 7.86. The number of aromatic nitrogens is 1. The van der Waals surface area contributed by atoms with Crippen LogP contribution in [0.3, 0.4) is 0 Å². The van der Waals surface area contributed by atoms with Crippen LogP contribution in [0.2, 0.25) is 0 Å². The number of oxazole rings is 1. The molecular weight excluding hydrogens is 280 g/mol. The summed E-state index contributed by atoms with van der Waals surface area (Å²) < 4.78 is 5.80. The lowest BCUT2D eigenvalue weighted by atomic mass is 10.1. The SMILES string of the molecule is Cc1ccc(-c2cnc(CN(C3CC3)C(C)C(=O)O)o2)cc1. The van der Waals surface area contributed by atoms with Crippen LogP contribution in [0.15, 0.2) is 34.9 Å². The molecular formula is C17H20N2O3. The number of hydrogen-bond donors (Lipinski definition) is 1. The van der Waals surface area contributed by atoms with Crippen molar-refractivity contribution in [1.82, 2.24) is 9.88 Å². The van der Waals surface area contributed by atoms with Gasteiger partial charge < -0.3 is 9.52 Å². The van der Waals surface area contributed by atoms with Gasteiger partial charge in [0.1, 0.15) is 6.04 Å².